The Labute approximate surface area is 160 Å². The van der Waals surface area contributed by atoms with Gasteiger partial charge in [0.05, 0.1) is 5.56 Å². The molecule has 1 amide bonds. The predicted octanol–water partition coefficient (Wildman–Crippen LogP) is 3.92. The molecule has 2 rings (SSSR count). The molecule has 27 heavy (non-hydrogen) atoms. The Morgan fingerprint density at radius 2 is 1.67 bits per heavy atom. The van der Waals surface area contributed by atoms with Gasteiger partial charge in [0.1, 0.15) is 0 Å². The monoisotopic (exact) mass is 387 g/mol. The van der Waals surface area contributed by atoms with E-state index in [0.29, 0.717) is 38.2 Å². The molecule has 7 heteroatoms. The van der Waals surface area contributed by atoms with Gasteiger partial charge in [0, 0.05) is 38.6 Å². The molecule has 1 aromatic rings. The van der Waals surface area contributed by atoms with E-state index in [1.54, 1.807) is 6.07 Å². The Morgan fingerprint density at radius 1 is 1.11 bits per heavy atom. The van der Waals surface area contributed by atoms with Crippen LogP contribution in [-0.2, 0) is 11.0 Å². The van der Waals surface area contributed by atoms with Gasteiger partial charge in [-0.1, -0.05) is 32.9 Å². The number of carbonyl (C=O) groups excluding carboxylic acids is 1. The number of nitrogens with two attached hydrogens (primary N) is 1. The van der Waals surface area contributed by atoms with Crippen molar-refractivity contribution in [2.75, 3.05) is 33.2 Å². The first kappa shape index (κ1) is 23.4. The van der Waals surface area contributed by atoms with Crippen LogP contribution in [0.15, 0.2) is 24.3 Å². The molecule has 1 saturated heterocycles. The van der Waals surface area contributed by atoms with E-state index in [4.69, 9.17) is 0 Å². The number of piperazine rings is 1. The number of amides is 1. The Balaban J connectivity index is 0.00000176. The highest BCUT2D eigenvalue weighted by molar-refractivity contribution is 5.76. The number of rotatable bonds is 3. The summed E-state index contributed by atoms with van der Waals surface area (Å²) in [5.74, 6) is 0.152. The van der Waals surface area contributed by atoms with E-state index in [0.717, 1.165) is 6.07 Å². The van der Waals surface area contributed by atoms with E-state index in [1.165, 1.54) is 19.2 Å². The number of hydrogen-bond acceptors (Lipinski definition) is 3. The number of nitrogens with zero attached hydrogens (tertiary/aromatic N) is 2. The normalized spacial score (nSPS) is 17.1. The van der Waals surface area contributed by atoms with E-state index in [-0.39, 0.29) is 17.4 Å². The van der Waals surface area contributed by atoms with Crippen molar-refractivity contribution in [2.24, 2.45) is 11.1 Å². The van der Waals surface area contributed by atoms with Gasteiger partial charge >= 0.3 is 6.18 Å². The quantitative estimate of drug-likeness (QED) is 0.855. The number of halogens is 3. The maximum absolute atomic E-state index is 12.9. The minimum Gasteiger partial charge on any atom is -0.340 e. The van der Waals surface area contributed by atoms with Crippen LogP contribution in [0.3, 0.4) is 0 Å². The number of hydrogen-bond donors (Lipinski definition) is 1. The van der Waals surface area contributed by atoms with Crippen LogP contribution in [0.5, 0.6) is 0 Å². The Kier molecular flexibility index (Phi) is 8.29. The third-order valence-electron chi connectivity index (χ3n) is 4.59. The fourth-order valence-corrected chi connectivity index (χ4v) is 3.11. The smallest absolute Gasteiger partial charge is 0.340 e. The minimum absolute atomic E-state index is 0.0421. The molecule has 1 aromatic carbocycles. The van der Waals surface area contributed by atoms with Crippen molar-refractivity contribution in [3.63, 3.8) is 0 Å². The molecule has 1 atom stereocenters. The van der Waals surface area contributed by atoms with E-state index in [1.807, 2.05) is 32.6 Å². The number of benzene rings is 1. The molecule has 0 spiro atoms. The van der Waals surface area contributed by atoms with Gasteiger partial charge in [-0.25, -0.2) is 0 Å². The summed E-state index contributed by atoms with van der Waals surface area (Å²) >= 11 is 0. The van der Waals surface area contributed by atoms with Crippen molar-refractivity contribution in [3.05, 3.63) is 35.4 Å². The van der Waals surface area contributed by atoms with Crippen molar-refractivity contribution in [1.29, 1.82) is 0 Å². The average Bonchev–Trinajstić information content (AvgIpc) is 2.61. The van der Waals surface area contributed by atoms with Gasteiger partial charge in [-0.15, -0.1) is 0 Å². The fraction of sp³-hybridized carbons (Fsp3) is 0.650. The van der Waals surface area contributed by atoms with Gasteiger partial charge in [-0.3, -0.25) is 9.69 Å². The fourth-order valence-electron chi connectivity index (χ4n) is 3.11. The van der Waals surface area contributed by atoms with Gasteiger partial charge < -0.3 is 10.6 Å². The zero-order valence-corrected chi connectivity index (χ0v) is 16.9. The lowest BCUT2D eigenvalue weighted by Gasteiger charge is -2.39. The Hall–Kier alpha value is -1.60. The SMILES string of the molecule is CC(c1cccc(C(F)(F)F)c1)N1CCN(C(=O)CC(C)(C)C)CC1.CN. The second-order valence-corrected chi connectivity index (χ2v) is 7.95. The molecule has 0 bridgehead atoms. The average molecular weight is 387 g/mol. The number of carbonyl (C=O) groups is 1. The molecule has 1 unspecified atom stereocenters. The van der Waals surface area contributed by atoms with Crippen LogP contribution in [0.4, 0.5) is 13.2 Å². The first-order valence-electron chi connectivity index (χ1n) is 9.24. The maximum atomic E-state index is 12.9. The van der Waals surface area contributed by atoms with Crippen LogP contribution >= 0.6 is 0 Å². The van der Waals surface area contributed by atoms with Gasteiger partial charge in [0.15, 0.2) is 0 Å². The molecule has 0 aromatic heterocycles. The summed E-state index contributed by atoms with van der Waals surface area (Å²) in [7, 11) is 1.50. The van der Waals surface area contributed by atoms with Crippen molar-refractivity contribution >= 4 is 5.91 Å². The first-order valence-corrected chi connectivity index (χ1v) is 9.24. The summed E-state index contributed by atoms with van der Waals surface area (Å²) in [6, 6.07) is 5.40. The largest absolute Gasteiger partial charge is 0.416 e. The lowest BCUT2D eigenvalue weighted by Crippen LogP contribution is -2.49. The molecule has 1 aliphatic rings. The highest BCUT2D eigenvalue weighted by Crippen LogP contribution is 2.32. The molecule has 4 nitrogen and oxygen atoms in total. The molecule has 1 fully saturated rings. The predicted molar refractivity (Wildman–Crippen MR) is 102 cm³/mol. The Bertz CT molecular complexity index is 603. The molecule has 154 valence electrons. The van der Waals surface area contributed by atoms with E-state index in [2.05, 4.69) is 10.6 Å². The molecule has 0 saturated carbocycles. The van der Waals surface area contributed by atoms with Crippen LogP contribution in [0.1, 0.15) is 51.3 Å². The zero-order chi connectivity index (χ0) is 20.8. The van der Waals surface area contributed by atoms with Crippen molar-refractivity contribution < 1.29 is 18.0 Å². The summed E-state index contributed by atoms with van der Waals surface area (Å²) in [4.78, 5) is 16.3. The van der Waals surface area contributed by atoms with Crippen LogP contribution < -0.4 is 5.73 Å². The third-order valence-corrected chi connectivity index (χ3v) is 4.59. The van der Waals surface area contributed by atoms with Crippen LogP contribution in [0.25, 0.3) is 0 Å². The summed E-state index contributed by atoms with van der Waals surface area (Å²) in [6.07, 6.45) is -3.82. The standard InChI is InChI=1S/C19H27F3N2O.CH5N/c1-14(15-6-5-7-16(12-15)19(20,21)22)23-8-10-24(11-9-23)17(25)13-18(2,3)4;1-2/h5-7,12,14H,8-11,13H2,1-4H3;2H2,1H3. The minimum atomic E-state index is -4.33. The van der Waals surface area contributed by atoms with Gasteiger partial charge in [0.25, 0.3) is 0 Å². The summed E-state index contributed by atoms with van der Waals surface area (Å²) in [6.45, 7) is 10.6. The molecule has 2 N–H and O–H groups in total. The summed E-state index contributed by atoms with van der Waals surface area (Å²) in [5.41, 5.74) is 4.50. The molecule has 1 aliphatic heterocycles. The van der Waals surface area contributed by atoms with Gasteiger partial charge in [-0.2, -0.15) is 13.2 Å². The van der Waals surface area contributed by atoms with Crippen molar-refractivity contribution in [1.82, 2.24) is 9.80 Å². The number of alkyl halides is 3. The molecule has 0 radical (unpaired) electrons. The van der Waals surface area contributed by atoms with Crippen molar-refractivity contribution in [2.45, 2.75) is 46.3 Å². The second-order valence-electron chi connectivity index (χ2n) is 7.95. The van der Waals surface area contributed by atoms with Crippen LogP contribution in [0, 0.1) is 5.41 Å². The first-order chi connectivity index (χ1) is 12.5. The van der Waals surface area contributed by atoms with E-state index in [9.17, 15) is 18.0 Å². The van der Waals surface area contributed by atoms with Gasteiger partial charge in [-0.05, 0) is 37.1 Å². The summed E-state index contributed by atoms with van der Waals surface area (Å²) < 4.78 is 38.7. The third kappa shape index (κ3) is 7.14. The van der Waals surface area contributed by atoms with Crippen molar-refractivity contribution in [3.8, 4) is 0 Å². The molecule has 0 aliphatic carbocycles. The molecular formula is C20H32F3N3O. The lowest BCUT2D eigenvalue weighted by atomic mass is 9.91. The summed E-state index contributed by atoms with van der Waals surface area (Å²) in [5, 5.41) is 0. The van der Waals surface area contributed by atoms with Crippen LogP contribution in [-0.4, -0.2) is 48.9 Å². The lowest BCUT2D eigenvalue weighted by molar-refractivity contribution is -0.138. The van der Waals surface area contributed by atoms with Gasteiger partial charge in [0.2, 0.25) is 5.91 Å². The molecule has 1 heterocycles. The second kappa shape index (κ2) is 9.55. The Morgan fingerprint density at radius 3 is 2.15 bits per heavy atom. The van der Waals surface area contributed by atoms with Crippen LogP contribution in [0.2, 0.25) is 0 Å². The molecular weight excluding hydrogens is 355 g/mol. The van der Waals surface area contributed by atoms with E-state index >= 15 is 0 Å². The highest BCUT2D eigenvalue weighted by atomic mass is 19.4. The maximum Gasteiger partial charge on any atom is 0.416 e. The van der Waals surface area contributed by atoms with E-state index < -0.39 is 11.7 Å². The topological polar surface area (TPSA) is 49.6 Å². The zero-order valence-electron chi connectivity index (χ0n) is 16.9. The highest BCUT2D eigenvalue weighted by Gasteiger charge is 2.32.